The molecule has 27 heavy (non-hydrogen) atoms. The Labute approximate surface area is 166 Å². The lowest BCUT2D eigenvalue weighted by molar-refractivity contribution is 0.0529. The molecule has 0 saturated heterocycles. The molecule has 2 aromatic carbocycles. The zero-order valence-corrected chi connectivity index (χ0v) is 16.5. The van der Waals surface area contributed by atoms with Gasteiger partial charge in [0.15, 0.2) is 0 Å². The number of hydrogen-bond acceptors (Lipinski definition) is 4. The molecule has 0 aliphatic carbocycles. The van der Waals surface area contributed by atoms with Gasteiger partial charge in [0.05, 0.1) is 17.2 Å². The van der Waals surface area contributed by atoms with Crippen molar-refractivity contribution in [3.8, 4) is 11.1 Å². The van der Waals surface area contributed by atoms with Crippen LogP contribution >= 0.6 is 22.9 Å². The van der Waals surface area contributed by atoms with Crippen molar-refractivity contribution in [3.05, 3.63) is 75.6 Å². The number of ether oxygens (including phenoxy) is 1. The molecular formula is C21H18ClNO3S. The molecule has 0 spiro atoms. The monoisotopic (exact) mass is 399 g/mol. The van der Waals surface area contributed by atoms with Crippen molar-refractivity contribution in [3.63, 3.8) is 0 Å². The average Bonchev–Trinajstić information content (AvgIpc) is 3.06. The Morgan fingerprint density at radius 2 is 1.81 bits per heavy atom. The lowest BCUT2D eigenvalue weighted by Gasteiger charge is -2.09. The minimum Gasteiger partial charge on any atom is -0.462 e. The predicted molar refractivity (Wildman–Crippen MR) is 110 cm³/mol. The fourth-order valence-corrected chi connectivity index (χ4v) is 3.79. The number of amides is 1. The number of anilines is 1. The van der Waals surface area contributed by atoms with Gasteiger partial charge in [0, 0.05) is 10.9 Å². The number of carbonyl (C=O) groups is 2. The maximum atomic E-state index is 12.6. The highest BCUT2D eigenvalue weighted by molar-refractivity contribution is 7.15. The summed E-state index contributed by atoms with van der Waals surface area (Å²) in [6.07, 6.45) is 0. The Morgan fingerprint density at radius 3 is 2.48 bits per heavy atom. The summed E-state index contributed by atoms with van der Waals surface area (Å²) in [6, 6.07) is 14.6. The molecule has 1 N–H and O–H groups in total. The second-order valence-electron chi connectivity index (χ2n) is 5.87. The second-order valence-corrected chi connectivity index (χ2v) is 7.16. The van der Waals surface area contributed by atoms with Crippen molar-refractivity contribution in [1.29, 1.82) is 0 Å². The minimum absolute atomic E-state index is 0.250. The first-order chi connectivity index (χ1) is 13.0. The molecule has 6 heteroatoms. The molecule has 3 aromatic rings. The number of rotatable bonds is 5. The third-order valence-corrected chi connectivity index (χ3v) is 5.20. The van der Waals surface area contributed by atoms with Gasteiger partial charge >= 0.3 is 5.97 Å². The van der Waals surface area contributed by atoms with Gasteiger partial charge in [0.2, 0.25) is 0 Å². The summed E-state index contributed by atoms with van der Waals surface area (Å²) in [6.45, 7) is 4.00. The van der Waals surface area contributed by atoms with Crippen LogP contribution in [0, 0.1) is 6.92 Å². The first-order valence-electron chi connectivity index (χ1n) is 8.42. The molecule has 4 nitrogen and oxygen atoms in total. The van der Waals surface area contributed by atoms with Crippen molar-refractivity contribution >= 4 is 39.8 Å². The van der Waals surface area contributed by atoms with Crippen molar-refractivity contribution < 1.29 is 14.3 Å². The molecular weight excluding hydrogens is 382 g/mol. The van der Waals surface area contributed by atoms with Crippen LogP contribution in [-0.2, 0) is 4.74 Å². The van der Waals surface area contributed by atoms with E-state index in [1.165, 1.54) is 11.3 Å². The Hall–Kier alpha value is -2.63. The number of nitrogens with one attached hydrogen (secondary N) is 1. The molecule has 0 bridgehead atoms. The first kappa shape index (κ1) is 19.1. The van der Waals surface area contributed by atoms with Crippen LogP contribution in [0.4, 0.5) is 5.00 Å². The van der Waals surface area contributed by atoms with Crippen LogP contribution in [0.15, 0.2) is 53.9 Å². The van der Waals surface area contributed by atoms with Crippen LogP contribution < -0.4 is 5.32 Å². The zero-order chi connectivity index (χ0) is 19.4. The molecule has 0 radical (unpaired) electrons. The summed E-state index contributed by atoms with van der Waals surface area (Å²) >= 11 is 7.39. The van der Waals surface area contributed by atoms with E-state index in [0.717, 1.165) is 16.7 Å². The standard InChI is InChI=1S/C21H18ClNO3S/c1-3-26-21(25)18-16(14-10-8-13(2)9-11-14)12-27-20(18)23-19(24)15-6-4-5-7-17(15)22/h4-12H,3H2,1-2H3,(H,23,24). The average molecular weight is 400 g/mol. The van der Waals surface area contributed by atoms with E-state index in [9.17, 15) is 9.59 Å². The van der Waals surface area contributed by atoms with E-state index in [2.05, 4.69) is 5.32 Å². The molecule has 3 rings (SSSR count). The summed E-state index contributed by atoms with van der Waals surface area (Å²) in [5.74, 6) is -0.841. The van der Waals surface area contributed by atoms with Gasteiger partial charge in [-0.15, -0.1) is 11.3 Å². The van der Waals surface area contributed by atoms with Gasteiger partial charge in [-0.05, 0) is 31.5 Å². The van der Waals surface area contributed by atoms with Crippen molar-refractivity contribution in [1.82, 2.24) is 0 Å². The lowest BCUT2D eigenvalue weighted by atomic mass is 10.0. The summed E-state index contributed by atoms with van der Waals surface area (Å²) in [4.78, 5) is 25.2. The molecule has 1 heterocycles. The fourth-order valence-electron chi connectivity index (χ4n) is 2.62. The number of carbonyl (C=O) groups excluding carboxylic acids is 2. The largest absolute Gasteiger partial charge is 0.462 e. The zero-order valence-electron chi connectivity index (χ0n) is 14.9. The topological polar surface area (TPSA) is 55.4 Å². The number of benzene rings is 2. The fraction of sp³-hybridized carbons (Fsp3) is 0.143. The first-order valence-corrected chi connectivity index (χ1v) is 9.68. The van der Waals surface area contributed by atoms with Crippen molar-refractivity contribution in [2.75, 3.05) is 11.9 Å². The Kier molecular flexibility index (Phi) is 5.94. The minimum atomic E-state index is -0.469. The van der Waals surface area contributed by atoms with Gasteiger partial charge in [-0.2, -0.15) is 0 Å². The molecule has 1 aromatic heterocycles. The van der Waals surface area contributed by atoms with E-state index in [4.69, 9.17) is 16.3 Å². The normalized spacial score (nSPS) is 10.5. The quantitative estimate of drug-likeness (QED) is 0.551. The molecule has 0 unspecified atom stereocenters. The maximum Gasteiger partial charge on any atom is 0.341 e. The third kappa shape index (κ3) is 4.21. The van der Waals surface area contributed by atoms with Gasteiger partial charge in [0.1, 0.15) is 10.6 Å². The lowest BCUT2D eigenvalue weighted by Crippen LogP contribution is -2.15. The summed E-state index contributed by atoms with van der Waals surface area (Å²) < 4.78 is 5.21. The molecule has 0 atom stereocenters. The number of esters is 1. The van der Waals surface area contributed by atoms with Crippen LogP contribution in [-0.4, -0.2) is 18.5 Å². The van der Waals surface area contributed by atoms with Crippen LogP contribution in [0.5, 0.6) is 0 Å². The van der Waals surface area contributed by atoms with Crippen LogP contribution in [0.2, 0.25) is 5.02 Å². The van der Waals surface area contributed by atoms with Gasteiger partial charge in [-0.1, -0.05) is 53.6 Å². The Balaban J connectivity index is 2.00. The SMILES string of the molecule is CCOC(=O)c1c(-c2ccc(C)cc2)csc1NC(=O)c1ccccc1Cl. The van der Waals surface area contributed by atoms with E-state index in [0.29, 0.717) is 21.2 Å². The Morgan fingerprint density at radius 1 is 1.11 bits per heavy atom. The number of halogens is 1. The smallest absolute Gasteiger partial charge is 0.341 e. The van der Waals surface area contributed by atoms with Crippen molar-refractivity contribution in [2.45, 2.75) is 13.8 Å². The molecule has 0 fully saturated rings. The van der Waals surface area contributed by atoms with E-state index in [-0.39, 0.29) is 12.5 Å². The number of aryl methyl sites for hydroxylation is 1. The number of hydrogen-bond donors (Lipinski definition) is 1. The highest BCUT2D eigenvalue weighted by atomic mass is 35.5. The Bertz CT molecular complexity index is 979. The van der Waals surface area contributed by atoms with Gasteiger partial charge in [0.25, 0.3) is 5.91 Å². The van der Waals surface area contributed by atoms with Gasteiger partial charge in [-0.25, -0.2) is 4.79 Å². The second kappa shape index (κ2) is 8.37. The van der Waals surface area contributed by atoms with Crippen LogP contribution in [0.1, 0.15) is 33.2 Å². The summed E-state index contributed by atoms with van der Waals surface area (Å²) in [5.41, 5.74) is 3.44. The van der Waals surface area contributed by atoms with E-state index in [1.807, 2.05) is 36.6 Å². The highest BCUT2D eigenvalue weighted by Gasteiger charge is 2.23. The molecule has 138 valence electrons. The maximum absolute atomic E-state index is 12.6. The highest BCUT2D eigenvalue weighted by Crippen LogP contribution is 2.36. The molecule has 1 amide bonds. The number of thiophene rings is 1. The summed E-state index contributed by atoms with van der Waals surface area (Å²) in [7, 11) is 0. The van der Waals surface area contributed by atoms with E-state index in [1.54, 1.807) is 31.2 Å². The van der Waals surface area contributed by atoms with Crippen LogP contribution in [0.3, 0.4) is 0 Å². The van der Waals surface area contributed by atoms with Crippen molar-refractivity contribution in [2.24, 2.45) is 0 Å². The third-order valence-electron chi connectivity index (χ3n) is 3.98. The predicted octanol–water partition coefficient (Wildman–Crippen LogP) is 5.81. The van der Waals surface area contributed by atoms with Crippen LogP contribution in [0.25, 0.3) is 11.1 Å². The summed E-state index contributed by atoms with van der Waals surface area (Å²) in [5, 5.41) is 5.44. The van der Waals surface area contributed by atoms with E-state index < -0.39 is 5.97 Å². The van der Waals surface area contributed by atoms with E-state index >= 15 is 0 Å². The van der Waals surface area contributed by atoms with Gasteiger partial charge < -0.3 is 10.1 Å². The van der Waals surface area contributed by atoms with Gasteiger partial charge in [-0.3, -0.25) is 4.79 Å². The molecule has 0 saturated carbocycles. The molecule has 0 aliphatic heterocycles. The molecule has 0 aliphatic rings.